The Morgan fingerprint density at radius 2 is 1.61 bits per heavy atom. The molecule has 0 aromatic rings. The minimum atomic E-state index is -1.45. The van der Waals surface area contributed by atoms with Crippen LogP contribution in [0, 0.1) is 0 Å². The summed E-state index contributed by atoms with van der Waals surface area (Å²) in [5, 5.41) is 17.6. The zero-order valence-electron chi connectivity index (χ0n) is 11.4. The first-order valence-corrected chi connectivity index (χ1v) is 6.77. The van der Waals surface area contributed by atoms with Crippen molar-refractivity contribution in [2.75, 3.05) is 26.4 Å². The fraction of sp³-hybridized carbons (Fsp3) is 1.00. The number of rotatable bonds is 8. The maximum Gasteiger partial charge on any atom is 0.159 e. The third kappa shape index (κ3) is 10.9. The zero-order chi connectivity index (χ0) is 13.4. The summed E-state index contributed by atoms with van der Waals surface area (Å²) >= 11 is 0. The molecule has 2 N–H and O–H groups in total. The lowest BCUT2D eigenvalue weighted by Gasteiger charge is -2.14. The quantitative estimate of drug-likeness (QED) is 0.389. The van der Waals surface area contributed by atoms with Crippen molar-refractivity contribution in [2.45, 2.75) is 57.5 Å². The van der Waals surface area contributed by atoms with Gasteiger partial charge in [0.2, 0.25) is 0 Å². The molecular weight excluding hydrogens is 236 g/mol. The topological polar surface area (TPSA) is 74.8 Å². The molecule has 0 saturated carbocycles. The van der Waals surface area contributed by atoms with Crippen LogP contribution in [0.15, 0.2) is 0 Å². The first kappa shape index (κ1) is 15.9. The molecule has 0 radical (unpaired) electrons. The van der Waals surface area contributed by atoms with Gasteiger partial charge in [-0.25, -0.2) is 0 Å². The normalized spacial score (nSPS) is 25.3. The van der Waals surface area contributed by atoms with Crippen LogP contribution in [-0.2, 0) is 14.2 Å². The molecule has 0 spiro atoms. The standard InChI is InChI=1S/C7H16O2.C6H10O3/c1-3-4-5-6-7(2,8)9;1(5-3-8-5)7-2-6-4-9-6/h8-9H,3-6H2,1-2H3;5-6H,1-4H2. The summed E-state index contributed by atoms with van der Waals surface area (Å²) in [5.41, 5.74) is 0. The number of hydrogen-bond donors (Lipinski definition) is 2. The Bertz CT molecular complexity index is 194. The van der Waals surface area contributed by atoms with Gasteiger partial charge >= 0.3 is 0 Å². The van der Waals surface area contributed by atoms with E-state index in [1.165, 1.54) is 6.92 Å². The van der Waals surface area contributed by atoms with Crippen molar-refractivity contribution in [1.82, 2.24) is 0 Å². The molecule has 0 aromatic carbocycles. The van der Waals surface area contributed by atoms with Gasteiger partial charge in [0.1, 0.15) is 12.2 Å². The lowest BCUT2D eigenvalue weighted by molar-refractivity contribution is -0.150. The van der Waals surface area contributed by atoms with E-state index < -0.39 is 5.79 Å². The van der Waals surface area contributed by atoms with E-state index in [4.69, 9.17) is 24.4 Å². The number of ether oxygens (including phenoxy) is 3. The minimum Gasteiger partial charge on any atom is -0.376 e. The van der Waals surface area contributed by atoms with E-state index in [1.54, 1.807) is 0 Å². The molecule has 5 heteroatoms. The summed E-state index contributed by atoms with van der Waals surface area (Å²) in [4.78, 5) is 0. The SMILES string of the molecule is C(OCC1CO1)C1CO1.CCCCCC(C)(O)O. The van der Waals surface area contributed by atoms with Gasteiger partial charge in [-0.15, -0.1) is 0 Å². The van der Waals surface area contributed by atoms with Crippen LogP contribution in [0.1, 0.15) is 39.5 Å². The molecule has 2 aliphatic rings. The van der Waals surface area contributed by atoms with Crippen LogP contribution in [-0.4, -0.2) is 54.6 Å². The van der Waals surface area contributed by atoms with Crippen LogP contribution < -0.4 is 0 Å². The Kier molecular flexibility index (Phi) is 7.11. The third-order valence-electron chi connectivity index (χ3n) is 2.67. The predicted octanol–water partition coefficient (Wildman–Crippen LogP) is 1.07. The van der Waals surface area contributed by atoms with Crippen LogP contribution in [0.5, 0.6) is 0 Å². The van der Waals surface area contributed by atoms with Gasteiger partial charge in [-0.05, 0) is 13.3 Å². The van der Waals surface area contributed by atoms with Crippen molar-refractivity contribution < 1.29 is 24.4 Å². The van der Waals surface area contributed by atoms with Gasteiger partial charge in [-0.3, -0.25) is 0 Å². The fourth-order valence-electron chi connectivity index (χ4n) is 1.37. The molecule has 0 aromatic heterocycles. The van der Waals surface area contributed by atoms with Crippen molar-refractivity contribution in [3.05, 3.63) is 0 Å². The van der Waals surface area contributed by atoms with Crippen LogP contribution in [0.25, 0.3) is 0 Å². The predicted molar refractivity (Wildman–Crippen MR) is 67.3 cm³/mol. The van der Waals surface area contributed by atoms with E-state index in [9.17, 15) is 0 Å². The van der Waals surface area contributed by atoms with Crippen molar-refractivity contribution in [3.8, 4) is 0 Å². The summed E-state index contributed by atoms with van der Waals surface area (Å²) in [6.07, 6.45) is 4.38. The lowest BCUT2D eigenvalue weighted by Crippen LogP contribution is -2.22. The largest absolute Gasteiger partial charge is 0.376 e. The average molecular weight is 262 g/mol. The van der Waals surface area contributed by atoms with E-state index in [0.29, 0.717) is 18.6 Å². The number of aliphatic hydroxyl groups is 2. The molecule has 18 heavy (non-hydrogen) atoms. The van der Waals surface area contributed by atoms with Crippen molar-refractivity contribution in [3.63, 3.8) is 0 Å². The molecule has 0 amide bonds. The van der Waals surface area contributed by atoms with E-state index in [0.717, 1.165) is 45.7 Å². The maximum absolute atomic E-state index is 8.80. The summed E-state index contributed by atoms with van der Waals surface area (Å²) in [6.45, 7) is 6.77. The molecular formula is C13H26O5. The van der Waals surface area contributed by atoms with E-state index in [-0.39, 0.29) is 0 Å². The molecule has 108 valence electrons. The number of epoxide rings is 2. The monoisotopic (exact) mass is 262 g/mol. The molecule has 2 aliphatic heterocycles. The van der Waals surface area contributed by atoms with Gasteiger partial charge in [0.25, 0.3) is 0 Å². The Balaban J connectivity index is 0.000000180. The summed E-state index contributed by atoms with van der Waals surface area (Å²) in [5.74, 6) is -1.45. The van der Waals surface area contributed by atoms with E-state index in [2.05, 4.69) is 6.92 Å². The second-order valence-electron chi connectivity index (χ2n) is 5.12. The van der Waals surface area contributed by atoms with Gasteiger partial charge < -0.3 is 24.4 Å². The minimum absolute atomic E-state index is 0.392. The third-order valence-corrected chi connectivity index (χ3v) is 2.67. The molecule has 0 aliphatic carbocycles. The Morgan fingerprint density at radius 1 is 1.11 bits per heavy atom. The summed E-state index contributed by atoms with van der Waals surface area (Å²) in [6, 6.07) is 0. The van der Waals surface area contributed by atoms with Gasteiger partial charge in [-0.1, -0.05) is 19.8 Å². The van der Waals surface area contributed by atoms with E-state index >= 15 is 0 Å². The molecule has 2 unspecified atom stereocenters. The lowest BCUT2D eigenvalue weighted by atomic mass is 10.1. The molecule has 2 rings (SSSR count). The average Bonchev–Trinajstić information content (AvgIpc) is 3.12. The highest BCUT2D eigenvalue weighted by Crippen LogP contribution is 2.12. The second-order valence-corrected chi connectivity index (χ2v) is 5.12. The Labute approximate surface area is 109 Å². The van der Waals surface area contributed by atoms with Gasteiger partial charge in [0, 0.05) is 6.42 Å². The maximum atomic E-state index is 8.80. The smallest absolute Gasteiger partial charge is 0.159 e. The Hall–Kier alpha value is -0.200. The van der Waals surface area contributed by atoms with Gasteiger partial charge in [0.15, 0.2) is 5.79 Å². The van der Waals surface area contributed by atoms with Crippen LogP contribution in [0.3, 0.4) is 0 Å². The van der Waals surface area contributed by atoms with Crippen LogP contribution >= 0.6 is 0 Å². The second kappa shape index (κ2) is 8.07. The van der Waals surface area contributed by atoms with E-state index in [1.807, 2.05) is 0 Å². The zero-order valence-corrected chi connectivity index (χ0v) is 11.4. The van der Waals surface area contributed by atoms with Gasteiger partial charge in [0.05, 0.1) is 26.4 Å². The van der Waals surface area contributed by atoms with Crippen LogP contribution in [0.2, 0.25) is 0 Å². The number of hydrogen-bond acceptors (Lipinski definition) is 5. The van der Waals surface area contributed by atoms with Crippen molar-refractivity contribution >= 4 is 0 Å². The molecule has 2 fully saturated rings. The highest BCUT2D eigenvalue weighted by Gasteiger charge is 2.26. The highest BCUT2D eigenvalue weighted by atomic mass is 16.6. The van der Waals surface area contributed by atoms with Gasteiger partial charge in [-0.2, -0.15) is 0 Å². The van der Waals surface area contributed by atoms with Crippen molar-refractivity contribution in [1.29, 1.82) is 0 Å². The highest BCUT2D eigenvalue weighted by molar-refractivity contribution is 4.71. The molecule has 2 atom stereocenters. The van der Waals surface area contributed by atoms with Crippen molar-refractivity contribution in [2.24, 2.45) is 0 Å². The molecule has 5 nitrogen and oxygen atoms in total. The first-order valence-electron chi connectivity index (χ1n) is 6.77. The Morgan fingerprint density at radius 3 is 1.94 bits per heavy atom. The molecule has 2 heterocycles. The van der Waals surface area contributed by atoms with Crippen LogP contribution in [0.4, 0.5) is 0 Å². The molecule has 2 saturated heterocycles. The fourth-order valence-corrected chi connectivity index (χ4v) is 1.37. The number of unbranched alkanes of at least 4 members (excludes halogenated alkanes) is 2. The molecule has 0 bridgehead atoms. The summed E-state index contributed by atoms with van der Waals surface area (Å²) in [7, 11) is 0. The first-order chi connectivity index (χ1) is 8.51. The summed E-state index contributed by atoms with van der Waals surface area (Å²) < 4.78 is 15.1.